The van der Waals surface area contributed by atoms with Crippen LogP contribution >= 0.6 is 0 Å². The first kappa shape index (κ1) is 46.3. The maximum absolute atomic E-state index is 14.5. The van der Waals surface area contributed by atoms with Crippen LogP contribution in [0.15, 0.2) is 158 Å². The average Bonchev–Trinajstić information content (AvgIpc) is 3.69. The largest absolute Gasteiger partial charge is 0.416 e. The van der Waals surface area contributed by atoms with Crippen molar-refractivity contribution in [3.05, 3.63) is 202 Å². The molecule has 370 valence electrons. The van der Waals surface area contributed by atoms with Gasteiger partial charge in [-0.1, -0.05) is 137 Å². The van der Waals surface area contributed by atoms with Gasteiger partial charge < -0.3 is 9.80 Å². The Morgan fingerprint density at radius 1 is 0.425 bits per heavy atom. The fourth-order valence-corrected chi connectivity index (χ4v) is 15.4. The maximum Gasteiger partial charge on any atom is 0.416 e. The maximum atomic E-state index is 14.5. The molecule has 0 amide bonds. The lowest BCUT2D eigenvalue weighted by atomic mass is 9.57. The van der Waals surface area contributed by atoms with Crippen molar-refractivity contribution >= 4 is 44.3 Å². The molecule has 3 aliphatic carbocycles. The quantitative estimate of drug-likeness (QED) is 0.128. The molecule has 5 aliphatic rings. The summed E-state index contributed by atoms with van der Waals surface area (Å²) in [7, 11) is 0. The molecule has 0 N–H and O–H groups in total. The Kier molecular flexibility index (Phi) is 9.97. The smallest absolute Gasteiger partial charge is 0.335 e. The molecule has 2 heterocycles. The fraction of sp³-hybridized carbons (Fsp3) is 0.323. The Morgan fingerprint density at radius 3 is 1.41 bits per heavy atom. The zero-order valence-corrected chi connectivity index (χ0v) is 41.7. The van der Waals surface area contributed by atoms with E-state index in [2.05, 4.69) is 159 Å². The number of benzene rings is 8. The molecule has 0 spiro atoms. The summed E-state index contributed by atoms with van der Waals surface area (Å²) in [6.07, 6.45) is 0.0364. The van der Waals surface area contributed by atoms with Gasteiger partial charge in [-0.25, -0.2) is 0 Å². The first-order valence-electron chi connectivity index (χ1n) is 26.2. The van der Waals surface area contributed by atoms with Gasteiger partial charge in [0.05, 0.1) is 16.5 Å². The number of alkyl halides is 6. The Bertz CT molecular complexity index is 3500. The fourth-order valence-electron chi connectivity index (χ4n) is 15.4. The zero-order valence-electron chi connectivity index (χ0n) is 41.7. The molecular formula is C65H58F6N2. The lowest BCUT2D eigenvalue weighted by molar-refractivity contribution is -0.138. The summed E-state index contributed by atoms with van der Waals surface area (Å²) >= 11 is 0. The third kappa shape index (κ3) is 6.43. The van der Waals surface area contributed by atoms with Gasteiger partial charge in [-0.3, -0.25) is 0 Å². The summed E-state index contributed by atoms with van der Waals surface area (Å²) in [5, 5.41) is 4.33. The van der Waals surface area contributed by atoms with Crippen LogP contribution < -0.4 is 9.80 Å². The lowest BCUT2D eigenvalue weighted by Gasteiger charge is -2.60. The minimum atomic E-state index is -4.46. The number of fused-ring (bicyclic) bond motifs is 12. The number of rotatable bonds is 4. The van der Waals surface area contributed by atoms with Crippen LogP contribution in [0.3, 0.4) is 0 Å². The van der Waals surface area contributed by atoms with Crippen LogP contribution in [0.4, 0.5) is 49.1 Å². The number of hydrogen-bond acceptors (Lipinski definition) is 2. The molecule has 2 nitrogen and oxygen atoms in total. The Morgan fingerprint density at radius 2 is 0.890 bits per heavy atom. The van der Waals surface area contributed by atoms with E-state index in [0.717, 1.165) is 140 Å². The second kappa shape index (κ2) is 15.7. The molecule has 2 fully saturated rings. The van der Waals surface area contributed by atoms with Crippen LogP contribution in [0.1, 0.15) is 124 Å². The van der Waals surface area contributed by atoms with Gasteiger partial charge in [0.1, 0.15) is 0 Å². The topological polar surface area (TPSA) is 6.48 Å². The standard InChI is InChI=1S/C65H58F6N2/c1-59-31-13-15-33-61(59,3)72(55-29-23-45(64(66,67)68)35-41(55)39-59)47-25-27-51-53(37-47)49-21-11-12-22-50(49)57-52-28-26-48(38-54(52)63(58(51)57,43-17-7-5-8-18-43)44-19-9-6-10-20-44)73-56-30-24-46(65(69,70)71)36-42(56)40-60(2)32-14-16-34-62(60,73)4/h5-12,17-30,35-38H,13-16,31-34,39-40H2,1-4H3. The first-order valence-corrected chi connectivity index (χ1v) is 26.2. The highest BCUT2D eigenvalue weighted by Gasteiger charge is 2.57. The second-order valence-electron chi connectivity index (χ2n) is 23.0. The summed E-state index contributed by atoms with van der Waals surface area (Å²) < 4.78 is 86.6. The molecule has 4 atom stereocenters. The van der Waals surface area contributed by atoms with Crippen molar-refractivity contribution in [2.24, 2.45) is 10.8 Å². The van der Waals surface area contributed by atoms with E-state index in [1.807, 2.05) is 0 Å². The summed E-state index contributed by atoms with van der Waals surface area (Å²) in [5.41, 5.74) is 8.33. The van der Waals surface area contributed by atoms with Crippen molar-refractivity contribution in [1.82, 2.24) is 0 Å². The summed E-state index contributed by atoms with van der Waals surface area (Å²) in [6.45, 7) is 9.23. The molecule has 0 bridgehead atoms. The van der Waals surface area contributed by atoms with Gasteiger partial charge in [0, 0.05) is 33.8 Å². The molecule has 4 unspecified atom stereocenters. The molecule has 8 aromatic rings. The molecule has 2 saturated carbocycles. The van der Waals surface area contributed by atoms with Gasteiger partial charge in [0.25, 0.3) is 0 Å². The third-order valence-electron chi connectivity index (χ3n) is 19.3. The van der Waals surface area contributed by atoms with E-state index in [-0.39, 0.29) is 21.9 Å². The lowest BCUT2D eigenvalue weighted by Crippen LogP contribution is -2.60. The van der Waals surface area contributed by atoms with Gasteiger partial charge >= 0.3 is 12.4 Å². The third-order valence-corrected chi connectivity index (χ3v) is 19.3. The SMILES string of the molecule is CC12CCCCC1(C)N(c1ccc3c(c1)C(c1ccccc1)(c1ccccc1)c1c-3c3ccccc3c3cc(N4c5ccc(C(F)(F)F)cc5CC5(C)CCCCC45C)ccc13)c1ccc(C(F)(F)F)cc1C2. The van der Waals surface area contributed by atoms with Crippen LogP contribution in [0, 0.1) is 10.8 Å². The number of hydrogen-bond donors (Lipinski definition) is 0. The number of anilines is 4. The van der Waals surface area contributed by atoms with Crippen LogP contribution in [0.2, 0.25) is 0 Å². The van der Waals surface area contributed by atoms with Crippen molar-refractivity contribution in [3.63, 3.8) is 0 Å². The predicted octanol–water partition coefficient (Wildman–Crippen LogP) is 18.5. The molecule has 0 saturated heterocycles. The van der Waals surface area contributed by atoms with E-state index in [1.165, 1.54) is 24.3 Å². The molecule has 2 aliphatic heterocycles. The van der Waals surface area contributed by atoms with E-state index >= 15 is 0 Å². The van der Waals surface area contributed by atoms with E-state index in [9.17, 15) is 26.3 Å². The summed E-state index contributed by atoms with van der Waals surface area (Å²) in [6, 6.07) is 52.5. The van der Waals surface area contributed by atoms with Gasteiger partial charge in [0.2, 0.25) is 0 Å². The highest BCUT2D eigenvalue weighted by Crippen LogP contribution is 2.64. The average molecular weight is 981 g/mol. The normalized spacial score (nSPS) is 25.1. The molecule has 13 rings (SSSR count). The van der Waals surface area contributed by atoms with Gasteiger partial charge in [-0.05, 0) is 190 Å². The number of halogens is 6. The Labute approximate surface area is 423 Å². The highest BCUT2D eigenvalue weighted by atomic mass is 19.4. The van der Waals surface area contributed by atoms with Crippen LogP contribution in [-0.2, 0) is 30.6 Å². The summed E-state index contributed by atoms with van der Waals surface area (Å²) in [5.74, 6) is 0. The van der Waals surface area contributed by atoms with Crippen LogP contribution in [0.25, 0.3) is 32.7 Å². The van der Waals surface area contributed by atoms with Gasteiger partial charge in [0.15, 0.2) is 0 Å². The van der Waals surface area contributed by atoms with Crippen molar-refractivity contribution in [3.8, 4) is 11.1 Å². The van der Waals surface area contributed by atoms with Gasteiger partial charge in [-0.2, -0.15) is 26.3 Å². The minimum absolute atomic E-state index is 0.270. The van der Waals surface area contributed by atoms with Gasteiger partial charge in [-0.15, -0.1) is 0 Å². The molecule has 0 radical (unpaired) electrons. The van der Waals surface area contributed by atoms with Crippen molar-refractivity contribution in [2.75, 3.05) is 9.80 Å². The van der Waals surface area contributed by atoms with E-state index in [0.29, 0.717) is 12.8 Å². The second-order valence-corrected chi connectivity index (χ2v) is 23.0. The minimum Gasteiger partial charge on any atom is -0.335 e. The Hall–Kier alpha value is -6.54. The molecule has 73 heavy (non-hydrogen) atoms. The molecular weight excluding hydrogens is 923 g/mol. The highest BCUT2D eigenvalue weighted by molar-refractivity contribution is 6.20. The van der Waals surface area contributed by atoms with E-state index in [1.54, 1.807) is 12.1 Å². The number of nitrogens with zero attached hydrogens (tertiary/aromatic N) is 2. The van der Waals surface area contributed by atoms with Crippen molar-refractivity contribution in [2.45, 2.75) is 121 Å². The van der Waals surface area contributed by atoms with E-state index < -0.39 is 28.9 Å². The van der Waals surface area contributed by atoms with E-state index in [4.69, 9.17) is 0 Å². The van der Waals surface area contributed by atoms with Crippen molar-refractivity contribution < 1.29 is 26.3 Å². The van der Waals surface area contributed by atoms with Crippen LogP contribution in [0.5, 0.6) is 0 Å². The Balaban J connectivity index is 1.10. The zero-order chi connectivity index (χ0) is 50.5. The molecule has 8 heteroatoms. The van der Waals surface area contributed by atoms with Crippen LogP contribution in [-0.4, -0.2) is 11.1 Å². The molecule has 0 aromatic heterocycles. The monoisotopic (exact) mass is 980 g/mol. The predicted molar refractivity (Wildman–Crippen MR) is 283 cm³/mol. The van der Waals surface area contributed by atoms with Crippen molar-refractivity contribution in [1.29, 1.82) is 0 Å². The molecule has 8 aromatic carbocycles. The summed E-state index contributed by atoms with van der Waals surface area (Å²) in [4.78, 5) is 4.80. The first-order chi connectivity index (χ1) is 34.9.